The number of hydrogen-bond donors (Lipinski definition) is 3. The van der Waals surface area contributed by atoms with Gasteiger partial charge in [-0.15, -0.1) is 0 Å². The number of nitrogens with zero attached hydrogens (tertiary/aromatic N) is 1. The highest BCUT2D eigenvalue weighted by molar-refractivity contribution is 6.30. The number of amides is 2. The van der Waals surface area contributed by atoms with Gasteiger partial charge in [0, 0.05) is 28.6 Å². The first kappa shape index (κ1) is 19.4. The molecule has 1 fully saturated rings. The molecule has 27 heavy (non-hydrogen) atoms. The first-order chi connectivity index (χ1) is 12.9. The summed E-state index contributed by atoms with van der Waals surface area (Å²) in [4.78, 5) is 24.8. The topological polar surface area (TPSA) is 86.9 Å². The Morgan fingerprint density at radius 3 is 2.67 bits per heavy atom. The van der Waals surface area contributed by atoms with Crippen LogP contribution in [0.25, 0.3) is 11.3 Å². The third-order valence-electron chi connectivity index (χ3n) is 4.77. The zero-order chi connectivity index (χ0) is 19.4. The summed E-state index contributed by atoms with van der Waals surface area (Å²) in [5, 5.41) is 13.7. The van der Waals surface area contributed by atoms with Gasteiger partial charge in [0.25, 0.3) is 5.91 Å². The molecule has 7 heteroatoms. The molecule has 1 saturated carbocycles. The van der Waals surface area contributed by atoms with E-state index in [1.54, 1.807) is 18.2 Å². The zero-order valence-electron chi connectivity index (χ0n) is 15.6. The van der Waals surface area contributed by atoms with Gasteiger partial charge in [-0.3, -0.25) is 14.7 Å². The van der Waals surface area contributed by atoms with E-state index >= 15 is 0 Å². The highest BCUT2D eigenvalue weighted by Gasteiger charge is 2.28. The Balaban J connectivity index is 1.60. The smallest absolute Gasteiger partial charge is 0.269 e. The number of hydrogen-bond acceptors (Lipinski definition) is 3. The molecule has 1 aliphatic carbocycles. The van der Waals surface area contributed by atoms with Gasteiger partial charge in [0.1, 0.15) is 5.69 Å². The molecule has 3 N–H and O–H groups in total. The Hall–Kier alpha value is -2.34. The molecular formula is C20H25ClN4O2. The van der Waals surface area contributed by atoms with Gasteiger partial charge in [-0.05, 0) is 51.3 Å². The molecule has 6 nitrogen and oxygen atoms in total. The molecule has 0 spiro atoms. The van der Waals surface area contributed by atoms with E-state index in [0.29, 0.717) is 22.8 Å². The third-order valence-corrected chi connectivity index (χ3v) is 5.03. The number of carbonyl (C=O) groups is 2. The van der Waals surface area contributed by atoms with Gasteiger partial charge >= 0.3 is 0 Å². The number of nitrogens with one attached hydrogen (secondary N) is 3. The number of halogens is 1. The van der Waals surface area contributed by atoms with Crippen LogP contribution in [0.4, 0.5) is 0 Å². The molecule has 0 radical (unpaired) electrons. The number of aromatic nitrogens is 2. The summed E-state index contributed by atoms with van der Waals surface area (Å²) >= 11 is 5.90. The van der Waals surface area contributed by atoms with E-state index in [2.05, 4.69) is 20.8 Å². The Kier molecular flexibility index (Phi) is 6.16. The number of H-pyrrole nitrogens is 1. The van der Waals surface area contributed by atoms with Crippen LogP contribution in [0.5, 0.6) is 0 Å². The van der Waals surface area contributed by atoms with E-state index in [4.69, 9.17) is 11.6 Å². The van der Waals surface area contributed by atoms with E-state index in [0.717, 1.165) is 24.8 Å². The maximum atomic E-state index is 12.6. The fourth-order valence-corrected chi connectivity index (χ4v) is 3.56. The van der Waals surface area contributed by atoms with E-state index in [-0.39, 0.29) is 29.8 Å². The maximum Gasteiger partial charge on any atom is 0.269 e. The van der Waals surface area contributed by atoms with Crippen molar-refractivity contribution in [3.05, 3.63) is 41.0 Å². The van der Waals surface area contributed by atoms with Crippen LogP contribution in [0.3, 0.4) is 0 Å². The van der Waals surface area contributed by atoms with Crippen LogP contribution in [-0.2, 0) is 4.79 Å². The molecule has 1 aromatic heterocycles. The molecule has 1 aliphatic rings. The summed E-state index contributed by atoms with van der Waals surface area (Å²) in [5.41, 5.74) is 1.99. The van der Waals surface area contributed by atoms with Crippen molar-refractivity contribution in [2.75, 3.05) is 0 Å². The molecule has 144 valence electrons. The van der Waals surface area contributed by atoms with Crippen molar-refractivity contribution in [1.82, 2.24) is 20.8 Å². The Morgan fingerprint density at radius 2 is 1.96 bits per heavy atom. The fourth-order valence-electron chi connectivity index (χ4n) is 3.43. The van der Waals surface area contributed by atoms with Crippen molar-refractivity contribution in [3.63, 3.8) is 0 Å². The van der Waals surface area contributed by atoms with Crippen LogP contribution in [0, 0.1) is 5.92 Å². The second kappa shape index (κ2) is 8.57. The summed E-state index contributed by atoms with van der Waals surface area (Å²) in [5.74, 6) is -0.161. The molecule has 2 amide bonds. The lowest BCUT2D eigenvalue weighted by molar-refractivity contribution is -0.126. The summed E-state index contributed by atoms with van der Waals surface area (Å²) < 4.78 is 0. The molecule has 1 aromatic carbocycles. The first-order valence-electron chi connectivity index (χ1n) is 9.35. The molecule has 0 bridgehead atoms. The minimum absolute atomic E-state index is 0.00329. The Bertz CT molecular complexity index is 801. The van der Waals surface area contributed by atoms with E-state index < -0.39 is 0 Å². The molecule has 3 rings (SSSR count). The molecule has 2 atom stereocenters. The molecule has 2 unspecified atom stereocenters. The number of aromatic amines is 1. The highest BCUT2D eigenvalue weighted by Crippen LogP contribution is 2.25. The lowest BCUT2D eigenvalue weighted by atomic mass is 9.85. The van der Waals surface area contributed by atoms with Crippen molar-refractivity contribution in [2.24, 2.45) is 5.92 Å². The second-order valence-electron chi connectivity index (χ2n) is 7.37. The van der Waals surface area contributed by atoms with Crippen LogP contribution >= 0.6 is 11.6 Å². The summed E-state index contributed by atoms with van der Waals surface area (Å²) in [6, 6.07) is 9.15. The van der Waals surface area contributed by atoms with Gasteiger partial charge in [0.05, 0.1) is 5.69 Å². The maximum absolute atomic E-state index is 12.6. The lowest BCUT2D eigenvalue weighted by Gasteiger charge is -2.29. The van der Waals surface area contributed by atoms with Crippen LogP contribution in [0.2, 0.25) is 5.02 Å². The summed E-state index contributed by atoms with van der Waals surface area (Å²) in [6.45, 7) is 3.91. The monoisotopic (exact) mass is 388 g/mol. The molecule has 0 saturated heterocycles. The standard InChI is InChI=1S/C20H25ClN4O2/c1-12(2)22-19(26)14-4-3-5-16(10-14)23-20(27)18-11-17(24-25-18)13-6-8-15(21)9-7-13/h6-9,11-12,14,16H,3-5,10H2,1-2H3,(H,22,26)(H,23,27)(H,24,25). The van der Waals surface area contributed by atoms with Crippen LogP contribution < -0.4 is 10.6 Å². The van der Waals surface area contributed by atoms with Crippen LogP contribution in [0.1, 0.15) is 50.0 Å². The lowest BCUT2D eigenvalue weighted by Crippen LogP contribution is -2.43. The predicted molar refractivity (Wildman–Crippen MR) is 106 cm³/mol. The second-order valence-corrected chi connectivity index (χ2v) is 7.81. The minimum Gasteiger partial charge on any atom is -0.354 e. The van der Waals surface area contributed by atoms with Gasteiger partial charge in [0.2, 0.25) is 5.91 Å². The van der Waals surface area contributed by atoms with Gasteiger partial charge < -0.3 is 10.6 Å². The van der Waals surface area contributed by atoms with Gasteiger partial charge in [-0.2, -0.15) is 5.10 Å². The minimum atomic E-state index is -0.197. The number of rotatable bonds is 5. The molecule has 2 aromatic rings. The zero-order valence-corrected chi connectivity index (χ0v) is 16.3. The third kappa shape index (κ3) is 5.10. The predicted octanol–water partition coefficient (Wildman–Crippen LogP) is 3.54. The number of carbonyl (C=O) groups excluding carboxylic acids is 2. The summed E-state index contributed by atoms with van der Waals surface area (Å²) in [7, 11) is 0. The van der Waals surface area contributed by atoms with Gasteiger partial charge in [-0.25, -0.2) is 0 Å². The van der Waals surface area contributed by atoms with E-state index in [1.165, 1.54) is 0 Å². The van der Waals surface area contributed by atoms with E-state index in [1.807, 2.05) is 26.0 Å². The fraction of sp³-hybridized carbons (Fsp3) is 0.450. The van der Waals surface area contributed by atoms with E-state index in [9.17, 15) is 9.59 Å². The highest BCUT2D eigenvalue weighted by atomic mass is 35.5. The average molecular weight is 389 g/mol. The van der Waals surface area contributed by atoms with Crippen LogP contribution in [0.15, 0.2) is 30.3 Å². The van der Waals surface area contributed by atoms with Gasteiger partial charge in [-0.1, -0.05) is 30.2 Å². The van der Waals surface area contributed by atoms with Crippen molar-refractivity contribution < 1.29 is 9.59 Å². The van der Waals surface area contributed by atoms with Gasteiger partial charge in [0.15, 0.2) is 0 Å². The number of benzene rings is 1. The van der Waals surface area contributed by atoms with Crippen molar-refractivity contribution in [3.8, 4) is 11.3 Å². The largest absolute Gasteiger partial charge is 0.354 e. The quantitative estimate of drug-likeness (QED) is 0.732. The van der Waals surface area contributed by atoms with Crippen LogP contribution in [-0.4, -0.2) is 34.1 Å². The SMILES string of the molecule is CC(C)NC(=O)C1CCCC(NC(=O)c2cc(-c3ccc(Cl)cc3)n[nH]2)C1. The first-order valence-corrected chi connectivity index (χ1v) is 9.72. The van der Waals surface area contributed by atoms with Crippen molar-refractivity contribution in [1.29, 1.82) is 0 Å². The Labute approximate surface area is 164 Å². The normalized spacial score (nSPS) is 19.7. The van der Waals surface area contributed by atoms with Crippen molar-refractivity contribution in [2.45, 2.75) is 51.6 Å². The molecule has 1 heterocycles. The molecule has 0 aliphatic heterocycles. The molecular weight excluding hydrogens is 364 g/mol. The summed E-state index contributed by atoms with van der Waals surface area (Å²) in [6.07, 6.45) is 3.35. The van der Waals surface area contributed by atoms with Crippen molar-refractivity contribution >= 4 is 23.4 Å². The Morgan fingerprint density at radius 1 is 1.22 bits per heavy atom. The average Bonchev–Trinajstić information content (AvgIpc) is 3.12.